The first kappa shape index (κ1) is 17.1. The number of thiazole rings is 1. The second-order valence-corrected chi connectivity index (χ2v) is 4.95. The first-order valence-electron chi connectivity index (χ1n) is 5.37. The molecule has 1 aromatic heterocycles. The fourth-order valence-electron chi connectivity index (χ4n) is 1.21. The number of carbonyl (C=O) groups excluding carboxylic acids is 1. The van der Waals surface area contributed by atoms with Crippen molar-refractivity contribution >= 4 is 28.9 Å². The van der Waals surface area contributed by atoms with Gasteiger partial charge in [0.1, 0.15) is 5.69 Å². The molecule has 5 nitrogen and oxygen atoms in total. The highest BCUT2D eigenvalue weighted by molar-refractivity contribution is 7.15. The van der Waals surface area contributed by atoms with Crippen LogP contribution in [0.1, 0.15) is 17.5 Å². The molecule has 0 aliphatic rings. The number of halogens is 1. The topological polar surface area (TPSA) is 45.8 Å². The van der Waals surface area contributed by atoms with Crippen LogP contribution in [0.4, 0.5) is 9.93 Å². The number of hydrogen-bond donors (Lipinski definition) is 0. The summed E-state index contributed by atoms with van der Waals surface area (Å²) in [4.78, 5) is 19.0. The van der Waals surface area contributed by atoms with Gasteiger partial charge in [0, 0.05) is 14.1 Å². The molecule has 0 atom stereocenters. The third-order valence-electron chi connectivity index (χ3n) is 2.13. The lowest BCUT2D eigenvalue weighted by molar-refractivity contribution is -0.574. The summed E-state index contributed by atoms with van der Waals surface area (Å²) in [6.07, 6.45) is 1.29. The molecule has 1 heterocycles. The number of aliphatic imine (C=N–C) groups is 1. The molecule has 0 bridgehead atoms. The Kier molecular flexibility index (Phi) is 7.08. The van der Waals surface area contributed by atoms with Crippen LogP contribution in [0.15, 0.2) is 4.99 Å². The van der Waals surface area contributed by atoms with Crippen molar-refractivity contribution in [3.05, 3.63) is 10.6 Å². The van der Waals surface area contributed by atoms with E-state index in [2.05, 4.69) is 4.99 Å². The minimum absolute atomic E-state index is 0. The Morgan fingerprint density at radius 3 is 2.61 bits per heavy atom. The molecule has 0 amide bonds. The molecule has 0 aliphatic carbocycles. The number of carbonyl (C=O) groups is 1. The van der Waals surface area contributed by atoms with Crippen LogP contribution in [0.3, 0.4) is 0 Å². The highest BCUT2D eigenvalue weighted by Gasteiger charge is 2.26. The van der Waals surface area contributed by atoms with Gasteiger partial charge in [-0.05, 0) is 37.1 Å². The fraction of sp³-hybridized carbons (Fsp3) is 0.545. The van der Waals surface area contributed by atoms with Crippen molar-refractivity contribution in [2.45, 2.75) is 20.8 Å². The molecule has 0 radical (unpaired) electrons. The molecular formula is C11H18BrN3O2S. The lowest BCUT2D eigenvalue weighted by Gasteiger charge is -1.99. The van der Waals surface area contributed by atoms with Gasteiger partial charge in [-0.2, -0.15) is 4.79 Å². The van der Waals surface area contributed by atoms with Gasteiger partial charge in [0.25, 0.3) is 0 Å². The summed E-state index contributed by atoms with van der Waals surface area (Å²) in [5.41, 5.74) is 0.874. The van der Waals surface area contributed by atoms with Gasteiger partial charge in [0.15, 0.2) is 0 Å². The van der Waals surface area contributed by atoms with Crippen LogP contribution in [0.2, 0.25) is 0 Å². The number of aryl methyl sites for hydroxylation is 1. The highest BCUT2D eigenvalue weighted by atomic mass is 79.9. The Bertz CT molecular complexity index is 444. The van der Waals surface area contributed by atoms with E-state index < -0.39 is 0 Å². The normalized spacial score (nSPS) is 10.3. The van der Waals surface area contributed by atoms with Gasteiger partial charge in [0.05, 0.1) is 11.5 Å². The van der Waals surface area contributed by atoms with Crippen molar-refractivity contribution < 1.29 is 31.1 Å². The van der Waals surface area contributed by atoms with E-state index in [0.717, 1.165) is 10.6 Å². The Morgan fingerprint density at radius 2 is 2.11 bits per heavy atom. The first-order chi connectivity index (χ1) is 7.97. The lowest BCUT2D eigenvalue weighted by Crippen LogP contribution is -3.00. The largest absolute Gasteiger partial charge is 1.00 e. The summed E-state index contributed by atoms with van der Waals surface area (Å²) in [7, 11) is 3.76. The van der Waals surface area contributed by atoms with E-state index in [0.29, 0.717) is 11.7 Å². The van der Waals surface area contributed by atoms with Gasteiger partial charge in [-0.1, -0.05) is 0 Å². The van der Waals surface area contributed by atoms with Crippen LogP contribution in [0.25, 0.3) is 0 Å². The van der Waals surface area contributed by atoms with Crippen LogP contribution >= 0.6 is 11.3 Å². The third-order valence-corrected chi connectivity index (χ3v) is 3.20. The summed E-state index contributed by atoms with van der Waals surface area (Å²) in [5, 5.41) is 0.632. The maximum Gasteiger partial charge on any atom is 0.513 e. The predicted octanol–water partition coefficient (Wildman–Crippen LogP) is -1.12. The Balaban J connectivity index is 0.00000289. The van der Waals surface area contributed by atoms with E-state index in [4.69, 9.17) is 4.74 Å². The lowest BCUT2D eigenvalue weighted by atomic mass is 10.4. The van der Waals surface area contributed by atoms with Crippen LogP contribution in [0.5, 0.6) is 0 Å². The van der Waals surface area contributed by atoms with E-state index in [1.165, 1.54) is 15.9 Å². The van der Waals surface area contributed by atoms with Crippen LogP contribution in [-0.2, 0) is 4.74 Å². The van der Waals surface area contributed by atoms with E-state index in [-0.39, 0.29) is 23.1 Å². The fourth-order valence-corrected chi connectivity index (χ4v) is 2.12. The zero-order valence-electron chi connectivity index (χ0n) is 11.2. The molecule has 0 aromatic carbocycles. The molecule has 1 aromatic rings. The summed E-state index contributed by atoms with van der Waals surface area (Å²) < 4.78 is 6.52. The van der Waals surface area contributed by atoms with E-state index in [1.807, 2.05) is 32.8 Å². The number of hydrogen-bond acceptors (Lipinski definition) is 4. The molecule has 0 fully saturated rings. The van der Waals surface area contributed by atoms with Gasteiger partial charge in [-0.15, -0.1) is 4.57 Å². The maximum absolute atomic E-state index is 11.8. The van der Waals surface area contributed by atoms with Crippen LogP contribution in [-0.4, -0.2) is 38.0 Å². The minimum Gasteiger partial charge on any atom is -1.00 e. The maximum atomic E-state index is 11.8. The molecule has 18 heavy (non-hydrogen) atoms. The monoisotopic (exact) mass is 335 g/mol. The van der Waals surface area contributed by atoms with Crippen molar-refractivity contribution in [1.29, 1.82) is 0 Å². The second kappa shape index (κ2) is 7.48. The summed E-state index contributed by atoms with van der Waals surface area (Å²) in [6.45, 7) is 5.99. The van der Waals surface area contributed by atoms with Crippen LogP contribution in [0, 0.1) is 13.8 Å². The van der Waals surface area contributed by atoms with E-state index in [9.17, 15) is 4.79 Å². The smallest absolute Gasteiger partial charge is 0.513 e. The molecule has 0 N–H and O–H groups in total. The average molecular weight is 336 g/mol. The van der Waals surface area contributed by atoms with Gasteiger partial charge >= 0.3 is 11.2 Å². The van der Waals surface area contributed by atoms with Crippen molar-refractivity contribution in [3.8, 4) is 0 Å². The first-order valence-corrected chi connectivity index (χ1v) is 6.18. The van der Waals surface area contributed by atoms with E-state index >= 15 is 0 Å². The Labute approximate surface area is 122 Å². The number of rotatable bonds is 3. The highest BCUT2D eigenvalue weighted by Crippen LogP contribution is 2.22. The third kappa shape index (κ3) is 4.06. The average Bonchev–Trinajstić information content (AvgIpc) is 2.52. The van der Waals surface area contributed by atoms with Crippen molar-refractivity contribution in [2.24, 2.45) is 4.99 Å². The predicted molar refractivity (Wildman–Crippen MR) is 68.2 cm³/mol. The Morgan fingerprint density at radius 1 is 1.50 bits per heavy atom. The quantitative estimate of drug-likeness (QED) is 0.399. The second-order valence-electron chi connectivity index (χ2n) is 3.77. The summed E-state index contributed by atoms with van der Waals surface area (Å²) in [6, 6.07) is 0. The molecule has 0 saturated heterocycles. The molecule has 0 spiro atoms. The van der Waals surface area contributed by atoms with Gasteiger partial charge in [0.2, 0.25) is 6.34 Å². The molecule has 0 unspecified atom stereocenters. The standard InChI is InChI=1S/C11H18N3O2S.BrH/c1-6-16-11(15)14-8(2)9(3)17-10(14)12-7-13(4)5;/h7H,6H2,1-5H3;1H/q+1;/p-1. The van der Waals surface area contributed by atoms with Gasteiger partial charge in [-0.3, -0.25) is 0 Å². The van der Waals surface area contributed by atoms with Crippen LogP contribution < -0.4 is 21.5 Å². The van der Waals surface area contributed by atoms with Crippen molar-refractivity contribution in [2.75, 3.05) is 20.7 Å². The zero-order valence-corrected chi connectivity index (χ0v) is 13.6. The summed E-state index contributed by atoms with van der Waals surface area (Å²) >= 11 is 1.47. The number of nitrogens with zero attached hydrogens (tertiary/aromatic N) is 3. The molecule has 102 valence electrons. The molecule has 0 saturated carbocycles. The molecule has 1 rings (SSSR count). The minimum atomic E-state index is -0.375. The molecular weight excluding hydrogens is 318 g/mol. The summed E-state index contributed by atoms with van der Waals surface area (Å²) in [5.74, 6) is 0. The van der Waals surface area contributed by atoms with Crippen molar-refractivity contribution in [1.82, 2.24) is 4.90 Å². The van der Waals surface area contributed by atoms with Gasteiger partial charge < -0.3 is 26.6 Å². The molecule has 0 aliphatic heterocycles. The molecule has 7 heteroatoms. The van der Waals surface area contributed by atoms with Crippen molar-refractivity contribution in [3.63, 3.8) is 0 Å². The van der Waals surface area contributed by atoms with Gasteiger partial charge in [-0.25, -0.2) is 0 Å². The number of aromatic nitrogens is 1. The number of ether oxygens (including phenoxy) is 1. The zero-order chi connectivity index (χ0) is 13.0. The Hall–Kier alpha value is -0.950. The van der Waals surface area contributed by atoms with E-state index in [1.54, 1.807) is 13.3 Å². The SMILES string of the molecule is CCOC(=O)[n+]1c(N=CN(C)C)sc(C)c1C.[Br-].